The van der Waals surface area contributed by atoms with Crippen LogP contribution in [0.15, 0.2) is 85.3 Å². The van der Waals surface area contributed by atoms with Gasteiger partial charge in [0.05, 0.1) is 37.5 Å². The summed E-state index contributed by atoms with van der Waals surface area (Å²) >= 11 is 0. The molecule has 4 amide bonds. The predicted octanol–water partition coefficient (Wildman–Crippen LogP) is 3.93. The fraction of sp³-hybridized carbons (Fsp3) is 0.439. The van der Waals surface area contributed by atoms with E-state index < -0.39 is 54.1 Å². The summed E-state index contributed by atoms with van der Waals surface area (Å²) in [5.41, 5.74) is 2.15. The van der Waals surface area contributed by atoms with Crippen molar-refractivity contribution in [2.75, 3.05) is 6.61 Å². The van der Waals surface area contributed by atoms with Gasteiger partial charge in [-0.05, 0) is 46.6 Å². The number of aliphatic hydroxyl groups is 2. The first-order valence-corrected chi connectivity index (χ1v) is 18.5. The number of H-pyrrole nitrogens is 1. The number of ether oxygens (including phenoxy) is 1. The molecule has 0 saturated carbocycles. The third kappa shape index (κ3) is 13.3. The zero-order valence-corrected chi connectivity index (χ0v) is 31.5. The molecule has 1 heterocycles. The molecule has 7 N–H and O–H groups in total. The molecule has 5 atom stereocenters. The summed E-state index contributed by atoms with van der Waals surface area (Å²) in [6.07, 6.45) is 1.69. The van der Waals surface area contributed by atoms with Gasteiger partial charge in [-0.15, -0.1) is 0 Å². The molecule has 0 unspecified atom stereocenters. The Morgan fingerprint density at radius 1 is 0.778 bits per heavy atom. The van der Waals surface area contributed by atoms with Crippen LogP contribution in [0, 0.1) is 11.8 Å². The summed E-state index contributed by atoms with van der Waals surface area (Å²) in [5.74, 6) is -1.39. The lowest BCUT2D eigenvalue weighted by Crippen LogP contribution is -2.57. The van der Waals surface area contributed by atoms with E-state index >= 15 is 0 Å². The molecule has 0 aliphatic heterocycles. The number of benzene rings is 3. The molecule has 1 aromatic heterocycles. The Kier molecular flexibility index (Phi) is 16.0. The highest BCUT2D eigenvalue weighted by molar-refractivity contribution is 5.93. The minimum absolute atomic E-state index is 0.00386. The minimum atomic E-state index is -1.25. The summed E-state index contributed by atoms with van der Waals surface area (Å²) in [7, 11) is 0. The summed E-state index contributed by atoms with van der Waals surface area (Å²) in [6, 6.07) is 19.0. The zero-order chi connectivity index (χ0) is 39.0. The van der Waals surface area contributed by atoms with E-state index in [-0.39, 0.29) is 44.3 Å². The number of hydrogen-bond acceptors (Lipinski definition) is 8. The van der Waals surface area contributed by atoms with E-state index in [4.69, 9.17) is 4.74 Å². The van der Waals surface area contributed by atoms with Gasteiger partial charge in [0, 0.05) is 24.7 Å². The van der Waals surface area contributed by atoms with E-state index in [0.717, 1.165) is 21.9 Å². The van der Waals surface area contributed by atoms with Crippen LogP contribution < -0.4 is 21.3 Å². The zero-order valence-electron chi connectivity index (χ0n) is 31.5. The molecule has 0 saturated heterocycles. The molecule has 4 rings (SSSR count). The molecule has 54 heavy (non-hydrogen) atoms. The molecule has 0 bridgehead atoms. The SMILES string of the molecule is CC(C)C[C@@H](CO)NC(=O)C[C@H](O)[C@H](CC(C)C)NC(=O)[C@H](Cc1cnc[nH]1)NC(=O)[C@H](Cc1cccc2ccccc12)NC(=O)OCc1ccccc1. The quantitative estimate of drug-likeness (QED) is 0.0708. The number of fused-ring (bicyclic) bond motifs is 1. The Hall–Kier alpha value is -5.27. The van der Waals surface area contributed by atoms with Crippen LogP contribution in [0.1, 0.15) is 63.8 Å². The fourth-order valence-electron chi connectivity index (χ4n) is 6.37. The van der Waals surface area contributed by atoms with Gasteiger partial charge < -0.3 is 41.2 Å². The molecule has 13 heteroatoms. The van der Waals surface area contributed by atoms with E-state index in [9.17, 15) is 29.4 Å². The van der Waals surface area contributed by atoms with E-state index in [1.165, 1.54) is 6.33 Å². The van der Waals surface area contributed by atoms with Crippen molar-refractivity contribution in [3.05, 3.63) is 102 Å². The van der Waals surface area contributed by atoms with Crippen molar-refractivity contribution in [1.29, 1.82) is 0 Å². The van der Waals surface area contributed by atoms with E-state index in [2.05, 4.69) is 31.2 Å². The lowest BCUT2D eigenvalue weighted by Gasteiger charge is -2.29. The van der Waals surface area contributed by atoms with Crippen molar-refractivity contribution in [1.82, 2.24) is 31.2 Å². The van der Waals surface area contributed by atoms with Gasteiger partial charge in [0.1, 0.15) is 18.7 Å². The first-order valence-electron chi connectivity index (χ1n) is 18.5. The number of aliphatic hydroxyl groups excluding tert-OH is 2. The largest absolute Gasteiger partial charge is 0.445 e. The number of alkyl carbamates (subject to hydrolysis) is 1. The maximum atomic E-state index is 14.2. The van der Waals surface area contributed by atoms with Gasteiger partial charge >= 0.3 is 6.09 Å². The molecular weight excluding hydrogens is 688 g/mol. The average molecular weight is 743 g/mol. The van der Waals surface area contributed by atoms with Crippen LogP contribution in [0.2, 0.25) is 0 Å². The number of amides is 4. The number of nitrogens with zero attached hydrogens (tertiary/aromatic N) is 1. The van der Waals surface area contributed by atoms with Crippen molar-refractivity contribution >= 4 is 34.6 Å². The van der Waals surface area contributed by atoms with Crippen LogP contribution in [-0.2, 0) is 38.6 Å². The molecule has 0 spiro atoms. The highest BCUT2D eigenvalue weighted by Gasteiger charge is 2.32. The third-order valence-corrected chi connectivity index (χ3v) is 8.99. The van der Waals surface area contributed by atoms with Gasteiger partial charge in [-0.2, -0.15) is 0 Å². The van der Waals surface area contributed by atoms with Crippen LogP contribution in [0.5, 0.6) is 0 Å². The maximum Gasteiger partial charge on any atom is 0.408 e. The van der Waals surface area contributed by atoms with Crippen LogP contribution in [0.25, 0.3) is 10.8 Å². The van der Waals surface area contributed by atoms with E-state index in [1.807, 2.05) is 100 Å². The minimum Gasteiger partial charge on any atom is -0.445 e. The highest BCUT2D eigenvalue weighted by atomic mass is 16.5. The van der Waals surface area contributed by atoms with Gasteiger partial charge in [0.15, 0.2) is 0 Å². The highest BCUT2D eigenvalue weighted by Crippen LogP contribution is 2.20. The number of carbonyl (C=O) groups excluding carboxylic acids is 4. The summed E-state index contributed by atoms with van der Waals surface area (Å²) < 4.78 is 5.47. The second-order valence-corrected chi connectivity index (χ2v) is 14.5. The fourth-order valence-corrected chi connectivity index (χ4v) is 6.37. The summed E-state index contributed by atoms with van der Waals surface area (Å²) in [6.45, 7) is 7.59. The molecule has 0 aliphatic rings. The number of nitrogens with one attached hydrogen (secondary N) is 5. The van der Waals surface area contributed by atoms with Crippen molar-refractivity contribution in [2.45, 2.75) is 96.7 Å². The normalized spacial score (nSPS) is 14.1. The number of imidazole rings is 1. The molecular formula is C41H54N6O7. The van der Waals surface area contributed by atoms with Gasteiger partial charge in [0.25, 0.3) is 0 Å². The van der Waals surface area contributed by atoms with E-state index in [0.29, 0.717) is 18.5 Å². The average Bonchev–Trinajstić information content (AvgIpc) is 3.66. The Labute approximate surface area is 316 Å². The molecule has 0 fully saturated rings. The lowest BCUT2D eigenvalue weighted by atomic mass is 9.96. The Bertz CT molecular complexity index is 1780. The Morgan fingerprint density at radius 2 is 1.44 bits per heavy atom. The van der Waals surface area contributed by atoms with Crippen molar-refractivity contribution in [2.24, 2.45) is 11.8 Å². The third-order valence-electron chi connectivity index (χ3n) is 8.99. The van der Waals surface area contributed by atoms with Crippen LogP contribution in [0.4, 0.5) is 4.79 Å². The number of aromatic nitrogens is 2. The number of hydrogen-bond donors (Lipinski definition) is 7. The Morgan fingerprint density at radius 3 is 2.13 bits per heavy atom. The molecule has 0 radical (unpaired) electrons. The molecule has 13 nitrogen and oxygen atoms in total. The van der Waals surface area contributed by atoms with Crippen LogP contribution in [-0.4, -0.2) is 80.9 Å². The first-order chi connectivity index (χ1) is 25.9. The topological polar surface area (TPSA) is 195 Å². The summed E-state index contributed by atoms with van der Waals surface area (Å²) in [5, 5.41) is 34.0. The second-order valence-electron chi connectivity index (χ2n) is 14.5. The van der Waals surface area contributed by atoms with Gasteiger partial charge in [-0.1, -0.05) is 100 Å². The van der Waals surface area contributed by atoms with Crippen molar-refractivity contribution in [3.8, 4) is 0 Å². The van der Waals surface area contributed by atoms with Crippen molar-refractivity contribution in [3.63, 3.8) is 0 Å². The number of aromatic amines is 1. The van der Waals surface area contributed by atoms with Gasteiger partial charge in [-0.25, -0.2) is 9.78 Å². The lowest BCUT2D eigenvalue weighted by molar-refractivity contribution is -0.131. The van der Waals surface area contributed by atoms with Crippen molar-refractivity contribution < 1.29 is 34.1 Å². The smallest absolute Gasteiger partial charge is 0.408 e. The maximum absolute atomic E-state index is 14.2. The van der Waals surface area contributed by atoms with Gasteiger partial charge in [0.2, 0.25) is 17.7 Å². The molecule has 0 aliphatic carbocycles. The first kappa shape index (κ1) is 41.5. The molecule has 4 aromatic rings. The van der Waals surface area contributed by atoms with Gasteiger partial charge in [-0.3, -0.25) is 14.4 Å². The molecule has 290 valence electrons. The number of rotatable bonds is 20. The predicted molar refractivity (Wildman–Crippen MR) is 206 cm³/mol. The van der Waals surface area contributed by atoms with Crippen LogP contribution >= 0.6 is 0 Å². The van der Waals surface area contributed by atoms with E-state index in [1.54, 1.807) is 6.20 Å². The van der Waals surface area contributed by atoms with Crippen LogP contribution in [0.3, 0.4) is 0 Å². The Balaban J connectivity index is 1.54. The monoisotopic (exact) mass is 742 g/mol. The summed E-state index contributed by atoms with van der Waals surface area (Å²) in [4.78, 5) is 61.3. The number of carbonyl (C=O) groups is 4. The standard InChI is InChI=1S/C41H54N6O7/c1-26(2)17-32(23-48)44-38(50)21-37(49)34(18-27(3)4)45-40(52)36(20-31-22-42-25-43-31)46-39(51)35(47-41(53)54-24-28-11-6-5-7-12-28)19-30-15-10-14-29-13-8-9-16-33(29)30/h5-16,22,25-27,32,34-37,48-49H,17-21,23-24H2,1-4H3,(H,42,43)(H,44,50)(H,45,52)(H,46,51)(H,47,53)/t32-,34-,35-,36-,37-/m0/s1. The second kappa shape index (κ2) is 20.8. The molecule has 3 aromatic carbocycles.